The van der Waals surface area contributed by atoms with Gasteiger partial charge in [-0.05, 0) is 19.8 Å². The van der Waals surface area contributed by atoms with E-state index in [1.165, 1.54) is 0 Å². The van der Waals surface area contributed by atoms with E-state index in [4.69, 9.17) is 0 Å². The molecule has 1 saturated heterocycles. The van der Waals surface area contributed by atoms with Gasteiger partial charge in [0.15, 0.2) is 0 Å². The van der Waals surface area contributed by atoms with Gasteiger partial charge in [-0.1, -0.05) is 26.7 Å². The average Bonchev–Trinajstić information content (AvgIpc) is 2.70. The van der Waals surface area contributed by atoms with Gasteiger partial charge in [0.2, 0.25) is 5.91 Å². The summed E-state index contributed by atoms with van der Waals surface area (Å²) in [6.45, 7) is 6.04. The molecule has 1 fully saturated rings. The zero-order valence-electron chi connectivity index (χ0n) is 11.4. The normalized spacial score (nSPS) is 23.7. The van der Waals surface area contributed by atoms with Crippen molar-refractivity contribution in [3.63, 3.8) is 0 Å². The number of aliphatic carboxylic acids is 1. The molecule has 1 amide bonds. The Morgan fingerprint density at radius 3 is 2.33 bits per heavy atom. The minimum atomic E-state index is -0.882. The van der Waals surface area contributed by atoms with Crippen LogP contribution >= 0.6 is 11.8 Å². The zero-order chi connectivity index (χ0) is 13.7. The van der Waals surface area contributed by atoms with Crippen LogP contribution in [-0.2, 0) is 9.59 Å². The molecule has 0 spiro atoms. The molecule has 2 atom stereocenters. The number of rotatable bonds is 6. The van der Waals surface area contributed by atoms with E-state index in [1.54, 1.807) is 16.7 Å². The Kier molecular flexibility index (Phi) is 5.99. The summed E-state index contributed by atoms with van der Waals surface area (Å²) in [7, 11) is 0. The van der Waals surface area contributed by atoms with E-state index in [0.29, 0.717) is 5.75 Å². The van der Waals surface area contributed by atoms with Crippen LogP contribution in [0.1, 0.15) is 46.5 Å². The van der Waals surface area contributed by atoms with Crippen molar-refractivity contribution in [3.05, 3.63) is 0 Å². The van der Waals surface area contributed by atoms with E-state index < -0.39 is 12.0 Å². The van der Waals surface area contributed by atoms with Crippen LogP contribution in [-0.4, -0.2) is 39.1 Å². The molecule has 0 radical (unpaired) electrons. The molecule has 2 unspecified atom stereocenters. The maximum absolute atomic E-state index is 12.5. The number of hydrogen-bond acceptors (Lipinski definition) is 3. The Morgan fingerprint density at radius 1 is 1.33 bits per heavy atom. The van der Waals surface area contributed by atoms with Crippen molar-refractivity contribution in [1.82, 2.24) is 4.90 Å². The van der Waals surface area contributed by atoms with Crippen LogP contribution in [0.5, 0.6) is 0 Å². The summed E-state index contributed by atoms with van der Waals surface area (Å²) in [5.41, 5.74) is 0. The molecule has 104 valence electrons. The lowest BCUT2D eigenvalue weighted by Crippen LogP contribution is -2.47. The first-order chi connectivity index (χ1) is 8.52. The number of carboxylic acid groups (broad SMARTS) is 1. The van der Waals surface area contributed by atoms with Gasteiger partial charge in [-0.3, -0.25) is 4.79 Å². The highest BCUT2D eigenvalue weighted by atomic mass is 32.2. The third-order valence-electron chi connectivity index (χ3n) is 3.39. The number of thioether (sulfide) groups is 1. The Bertz CT molecular complexity index is 303. The highest BCUT2D eigenvalue weighted by molar-refractivity contribution is 8.00. The molecular formula is C13H23NO3S. The molecule has 0 bridgehead atoms. The highest BCUT2D eigenvalue weighted by Crippen LogP contribution is 2.31. The number of carbonyl (C=O) groups is 2. The molecule has 5 heteroatoms. The van der Waals surface area contributed by atoms with Gasteiger partial charge in [0.05, 0.1) is 5.37 Å². The topological polar surface area (TPSA) is 57.6 Å². The highest BCUT2D eigenvalue weighted by Gasteiger charge is 2.41. The van der Waals surface area contributed by atoms with Crippen molar-refractivity contribution in [3.8, 4) is 0 Å². The number of hydrogen-bond donors (Lipinski definition) is 1. The van der Waals surface area contributed by atoms with Crippen LogP contribution in [0, 0.1) is 5.92 Å². The molecule has 0 saturated carbocycles. The second-order valence-corrected chi connectivity index (χ2v) is 6.16. The summed E-state index contributed by atoms with van der Waals surface area (Å²) in [6.07, 6.45) is 3.63. The standard InChI is InChI=1S/C13H23NO3S/c1-4-6-10(7-5-2)12(15)14-9(3)18-8-11(14)13(16)17/h9-11H,4-8H2,1-3H3,(H,16,17). The molecule has 1 N–H and O–H groups in total. The Balaban J connectivity index is 2.80. The molecular weight excluding hydrogens is 250 g/mol. The van der Waals surface area contributed by atoms with Crippen molar-refractivity contribution in [2.45, 2.75) is 57.9 Å². The lowest BCUT2D eigenvalue weighted by molar-refractivity contribution is -0.151. The summed E-state index contributed by atoms with van der Waals surface area (Å²) in [6, 6.07) is -0.645. The summed E-state index contributed by atoms with van der Waals surface area (Å²) in [5, 5.41) is 9.17. The van der Waals surface area contributed by atoms with Gasteiger partial charge >= 0.3 is 5.97 Å². The molecule has 0 aromatic rings. The lowest BCUT2D eigenvalue weighted by Gasteiger charge is -2.29. The first-order valence-corrected chi connectivity index (χ1v) is 7.74. The molecule has 1 rings (SSSR count). The van der Waals surface area contributed by atoms with Crippen molar-refractivity contribution in [1.29, 1.82) is 0 Å². The summed E-state index contributed by atoms with van der Waals surface area (Å²) >= 11 is 1.55. The van der Waals surface area contributed by atoms with Gasteiger partial charge in [0, 0.05) is 11.7 Å². The third-order valence-corrected chi connectivity index (χ3v) is 4.60. The second-order valence-electron chi connectivity index (χ2n) is 4.81. The van der Waals surface area contributed by atoms with E-state index in [9.17, 15) is 14.7 Å². The van der Waals surface area contributed by atoms with Crippen LogP contribution in [0.4, 0.5) is 0 Å². The Hall–Kier alpha value is -0.710. The maximum Gasteiger partial charge on any atom is 0.327 e. The third kappa shape index (κ3) is 3.40. The summed E-state index contributed by atoms with van der Waals surface area (Å²) < 4.78 is 0. The summed E-state index contributed by atoms with van der Waals surface area (Å²) in [5.74, 6) is -0.355. The maximum atomic E-state index is 12.5. The van der Waals surface area contributed by atoms with E-state index >= 15 is 0 Å². The fourth-order valence-corrected chi connectivity index (χ4v) is 3.64. The van der Waals surface area contributed by atoms with Crippen molar-refractivity contribution < 1.29 is 14.7 Å². The predicted molar refractivity (Wildman–Crippen MR) is 73.5 cm³/mol. The number of carboxylic acids is 1. The van der Waals surface area contributed by atoms with E-state index in [-0.39, 0.29) is 17.2 Å². The summed E-state index contributed by atoms with van der Waals surface area (Å²) in [4.78, 5) is 25.3. The molecule has 4 nitrogen and oxygen atoms in total. The predicted octanol–water partition coefficient (Wildman–Crippen LogP) is 2.58. The fourth-order valence-electron chi connectivity index (χ4n) is 2.47. The molecule has 0 aliphatic carbocycles. The number of nitrogens with zero attached hydrogens (tertiary/aromatic N) is 1. The zero-order valence-corrected chi connectivity index (χ0v) is 12.2. The van der Waals surface area contributed by atoms with E-state index in [1.807, 2.05) is 6.92 Å². The number of carbonyl (C=O) groups excluding carboxylic acids is 1. The van der Waals surface area contributed by atoms with Crippen LogP contribution in [0.3, 0.4) is 0 Å². The lowest BCUT2D eigenvalue weighted by atomic mass is 9.96. The van der Waals surface area contributed by atoms with Crippen LogP contribution in [0.2, 0.25) is 0 Å². The number of amides is 1. The largest absolute Gasteiger partial charge is 0.480 e. The van der Waals surface area contributed by atoms with Crippen LogP contribution in [0.15, 0.2) is 0 Å². The minimum absolute atomic E-state index is 0.0111. The first-order valence-electron chi connectivity index (χ1n) is 6.69. The van der Waals surface area contributed by atoms with Gasteiger partial charge in [0.25, 0.3) is 0 Å². The Labute approximate surface area is 113 Å². The molecule has 1 aliphatic heterocycles. The molecule has 1 heterocycles. The van der Waals surface area contributed by atoms with Gasteiger partial charge in [-0.15, -0.1) is 11.8 Å². The smallest absolute Gasteiger partial charge is 0.327 e. The van der Waals surface area contributed by atoms with Crippen molar-refractivity contribution in [2.75, 3.05) is 5.75 Å². The SMILES string of the molecule is CCCC(CCC)C(=O)N1C(C)SCC1C(=O)O. The van der Waals surface area contributed by atoms with Crippen molar-refractivity contribution >= 4 is 23.6 Å². The van der Waals surface area contributed by atoms with Gasteiger partial charge in [-0.25, -0.2) is 4.79 Å². The van der Waals surface area contributed by atoms with Crippen LogP contribution in [0.25, 0.3) is 0 Å². The Morgan fingerprint density at radius 2 is 1.89 bits per heavy atom. The van der Waals surface area contributed by atoms with Crippen molar-refractivity contribution in [2.24, 2.45) is 5.92 Å². The molecule has 18 heavy (non-hydrogen) atoms. The van der Waals surface area contributed by atoms with E-state index in [0.717, 1.165) is 25.7 Å². The second kappa shape index (κ2) is 7.02. The van der Waals surface area contributed by atoms with E-state index in [2.05, 4.69) is 13.8 Å². The quantitative estimate of drug-likeness (QED) is 0.808. The van der Waals surface area contributed by atoms with Gasteiger partial charge in [-0.2, -0.15) is 0 Å². The molecule has 0 aromatic heterocycles. The monoisotopic (exact) mass is 273 g/mol. The van der Waals surface area contributed by atoms with Gasteiger partial charge in [0.1, 0.15) is 6.04 Å². The first kappa shape index (κ1) is 15.3. The minimum Gasteiger partial charge on any atom is -0.480 e. The fraction of sp³-hybridized carbons (Fsp3) is 0.846. The van der Waals surface area contributed by atoms with Gasteiger partial charge < -0.3 is 10.0 Å². The average molecular weight is 273 g/mol. The van der Waals surface area contributed by atoms with Crippen LogP contribution < -0.4 is 0 Å². The molecule has 1 aliphatic rings. The molecule has 0 aromatic carbocycles.